The number of nitrogens with zero attached hydrogens (tertiary/aromatic N) is 3. The molecular formula is C22H45N3O5S. The summed E-state index contributed by atoms with van der Waals surface area (Å²) in [4.78, 5) is 2.37. The molecule has 0 heterocycles. The first kappa shape index (κ1) is 30.1. The van der Waals surface area contributed by atoms with E-state index in [0.29, 0.717) is 26.2 Å². The van der Waals surface area contributed by atoms with Crippen molar-refractivity contribution in [2.24, 2.45) is 10.4 Å². The molecule has 0 bridgehead atoms. The number of ether oxygens (including phenoxy) is 3. The molecule has 0 amide bonds. The Morgan fingerprint density at radius 1 is 0.774 bits per heavy atom. The number of unbranched alkanes of at least 4 members (excludes halogenated alkanes) is 8. The number of hydrogen-bond acceptors (Lipinski definition) is 5. The van der Waals surface area contributed by atoms with E-state index in [2.05, 4.69) is 16.4 Å². The molecule has 0 radical (unpaired) electrons. The van der Waals surface area contributed by atoms with Crippen LogP contribution < -0.4 is 0 Å². The normalized spacial score (nSPS) is 13.2. The standard InChI is InChI=1S/C22H45N3O5S/c1-5-9-10-11-12-15-18-21(22(28-6-2,29-7-3)30-8-4)19-16-13-14-17-20-31(26,27)25-24-23/h21H,5-20H2,1-4H3. The molecule has 0 aromatic heterocycles. The fourth-order valence-electron chi connectivity index (χ4n) is 3.88. The van der Waals surface area contributed by atoms with Gasteiger partial charge >= 0.3 is 0 Å². The van der Waals surface area contributed by atoms with Gasteiger partial charge in [-0.15, -0.1) is 0 Å². The van der Waals surface area contributed by atoms with Crippen molar-refractivity contribution in [1.29, 1.82) is 0 Å². The zero-order valence-corrected chi connectivity index (χ0v) is 21.0. The highest BCUT2D eigenvalue weighted by Gasteiger charge is 2.41. The van der Waals surface area contributed by atoms with E-state index >= 15 is 0 Å². The molecular weight excluding hydrogens is 418 g/mol. The summed E-state index contributed by atoms with van der Waals surface area (Å²) in [6.45, 7) is 9.65. The fourth-order valence-corrected chi connectivity index (χ4v) is 4.64. The highest BCUT2D eigenvalue weighted by molar-refractivity contribution is 7.89. The van der Waals surface area contributed by atoms with E-state index in [1.165, 1.54) is 32.1 Å². The van der Waals surface area contributed by atoms with Crippen LogP contribution in [0.15, 0.2) is 4.52 Å². The van der Waals surface area contributed by atoms with Gasteiger partial charge in [-0.1, -0.05) is 64.7 Å². The van der Waals surface area contributed by atoms with E-state index < -0.39 is 16.0 Å². The summed E-state index contributed by atoms with van der Waals surface area (Å²) >= 11 is 0. The summed E-state index contributed by atoms with van der Waals surface area (Å²) in [5, 5.41) is 0. The third-order valence-corrected chi connectivity index (χ3v) is 6.43. The van der Waals surface area contributed by atoms with Crippen LogP contribution >= 0.6 is 0 Å². The number of hydrogen-bond donors (Lipinski definition) is 0. The van der Waals surface area contributed by atoms with Crippen LogP contribution in [0.4, 0.5) is 0 Å². The molecule has 9 heteroatoms. The van der Waals surface area contributed by atoms with Crippen LogP contribution in [0, 0.1) is 5.92 Å². The molecule has 0 aliphatic carbocycles. The lowest BCUT2D eigenvalue weighted by molar-refractivity contribution is -0.403. The predicted octanol–water partition coefficient (Wildman–Crippen LogP) is 6.71. The molecule has 0 N–H and O–H groups in total. The zero-order chi connectivity index (χ0) is 23.4. The van der Waals surface area contributed by atoms with Gasteiger partial charge in [0.1, 0.15) is 0 Å². The van der Waals surface area contributed by atoms with Gasteiger partial charge in [0.2, 0.25) is 10.0 Å². The molecule has 0 aromatic rings. The average Bonchev–Trinajstić information content (AvgIpc) is 2.71. The molecule has 0 saturated heterocycles. The number of rotatable bonds is 22. The molecule has 0 fully saturated rings. The molecule has 184 valence electrons. The minimum absolute atomic E-state index is 0.0982. The smallest absolute Gasteiger partial charge is 0.285 e. The van der Waals surface area contributed by atoms with E-state index in [0.717, 1.165) is 38.5 Å². The van der Waals surface area contributed by atoms with Gasteiger partial charge < -0.3 is 14.2 Å². The van der Waals surface area contributed by atoms with Crippen LogP contribution in [0.25, 0.3) is 10.4 Å². The topological polar surface area (TPSA) is 111 Å². The third kappa shape index (κ3) is 14.0. The van der Waals surface area contributed by atoms with Crippen molar-refractivity contribution in [3.05, 3.63) is 10.4 Å². The van der Waals surface area contributed by atoms with Gasteiger partial charge in [-0.3, -0.25) is 0 Å². The Morgan fingerprint density at radius 2 is 1.23 bits per heavy atom. The highest BCUT2D eigenvalue weighted by atomic mass is 32.2. The second-order valence-electron chi connectivity index (χ2n) is 7.82. The van der Waals surface area contributed by atoms with E-state index in [9.17, 15) is 8.42 Å². The van der Waals surface area contributed by atoms with Crippen LogP contribution in [0.1, 0.15) is 105 Å². The molecule has 0 rings (SSSR count). The summed E-state index contributed by atoms with van der Waals surface area (Å²) in [5.41, 5.74) is 8.29. The SMILES string of the molecule is CCCCCCCCC(CCCCCCS(=O)(=O)N=[N+]=[N-])C(OCC)(OCC)OCC. The maximum atomic E-state index is 11.5. The van der Waals surface area contributed by atoms with Gasteiger partial charge in [0.15, 0.2) is 0 Å². The van der Waals surface area contributed by atoms with Crippen LogP contribution in [0.5, 0.6) is 0 Å². The fraction of sp³-hybridized carbons (Fsp3) is 1.00. The lowest BCUT2D eigenvalue weighted by atomic mass is 9.91. The first-order valence-corrected chi connectivity index (χ1v) is 13.7. The van der Waals surface area contributed by atoms with Gasteiger partial charge in [-0.05, 0) is 45.6 Å². The molecule has 31 heavy (non-hydrogen) atoms. The molecule has 1 unspecified atom stereocenters. The quantitative estimate of drug-likeness (QED) is 0.0582. The Labute approximate surface area is 190 Å². The summed E-state index contributed by atoms with van der Waals surface area (Å²) in [6, 6.07) is 0. The second-order valence-corrected chi connectivity index (χ2v) is 9.55. The van der Waals surface area contributed by atoms with E-state index in [1.54, 1.807) is 0 Å². The molecule has 1 atom stereocenters. The van der Waals surface area contributed by atoms with Gasteiger partial charge in [-0.25, -0.2) is 8.42 Å². The van der Waals surface area contributed by atoms with Crippen LogP contribution in [0.3, 0.4) is 0 Å². The zero-order valence-electron chi connectivity index (χ0n) is 20.2. The van der Waals surface area contributed by atoms with Crippen molar-refractivity contribution in [2.45, 2.75) is 111 Å². The number of sulfonamides is 1. The lowest BCUT2D eigenvalue weighted by Crippen LogP contribution is -2.46. The van der Waals surface area contributed by atoms with Crippen LogP contribution in [-0.4, -0.2) is 40.0 Å². The minimum atomic E-state index is -3.65. The van der Waals surface area contributed by atoms with Crippen molar-refractivity contribution < 1.29 is 22.6 Å². The first-order valence-electron chi connectivity index (χ1n) is 12.1. The maximum Gasteiger partial charge on any atom is 0.285 e. The summed E-state index contributed by atoms with van der Waals surface area (Å²) < 4.78 is 43.9. The predicted molar refractivity (Wildman–Crippen MR) is 125 cm³/mol. The Balaban J connectivity index is 4.82. The summed E-state index contributed by atoms with van der Waals surface area (Å²) in [6.07, 6.45) is 12.4. The Kier molecular flexibility index (Phi) is 18.2. The molecule has 0 aliphatic rings. The highest BCUT2D eigenvalue weighted by Crippen LogP contribution is 2.34. The van der Waals surface area contributed by atoms with E-state index in [4.69, 9.17) is 19.7 Å². The summed E-state index contributed by atoms with van der Waals surface area (Å²) in [5.74, 6) is -0.976. The van der Waals surface area contributed by atoms with Gasteiger partial charge in [-0.2, -0.15) is 0 Å². The van der Waals surface area contributed by atoms with Crippen molar-refractivity contribution in [3.63, 3.8) is 0 Å². The van der Waals surface area contributed by atoms with Gasteiger partial charge in [0.25, 0.3) is 5.97 Å². The summed E-state index contributed by atoms with van der Waals surface area (Å²) in [7, 11) is -3.65. The Morgan fingerprint density at radius 3 is 1.68 bits per heavy atom. The lowest BCUT2D eigenvalue weighted by Gasteiger charge is -2.39. The molecule has 8 nitrogen and oxygen atoms in total. The molecule has 0 spiro atoms. The van der Waals surface area contributed by atoms with E-state index in [1.807, 2.05) is 20.8 Å². The third-order valence-electron chi connectivity index (χ3n) is 5.31. The minimum Gasteiger partial charge on any atom is -0.328 e. The van der Waals surface area contributed by atoms with E-state index in [-0.39, 0.29) is 11.7 Å². The average molecular weight is 464 g/mol. The molecule has 0 saturated carbocycles. The van der Waals surface area contributed by atoms with Crippen molar-refractivity contribution in [1.82, 2.24) is 0 Å². The first-order chi connectivity index (χ1) is 14.9. The maximum absolute atomic E-state index is 11.5. The van der Waals surface area contributed by atoms with Gasteiger partial charge in [0, 0.05) is 35.2 Å². The Bertz CT molecular complexity index is 563. The van der Waals surface area contributed by atoms with Crippen molar-refractivity contribution in [3.8, 4) is 0 Å². The number of azide groups is 1. The molecule has 0 aromatic carbocycles. The second kappa shape index (κ2) is 18.7. The van der Waals surface area contributed by atoms with Crippen LogP contribution in [0.2, 0.25) is 0 Å². The van der Waals surface area contributed by atoms with Gasteiger partial charge in [0.05, 0.1) is 5.75 Å². The monoisotopic (exact) mass is 463 g/mol. The van der Waals surface area contributed by atoms with Crippen molar-refractivity contribution in [2.75, 3.05) is 25.6 Å². The van der Waals surface area contributed by atoms with Crippen LogP contribution in [-0.2, 0) is 24.2 Å². The Hall–Kier alpha value is -0.860. The largest absolute Gasteiger partial charge is 0.328 e. The molecule has 0 aliphatic heterocycles. The van der Waals surface area contributed by atoms with Crippen molar-refractivity contribution >= 4 is 10.0 Å².